The van der Waals surface area contributed by atoms with Crippen LogP contribution in [-0.2, 0) is 0 Å². The fourth-order valence-electron chi connectivity index (χ4n) is 3.29. The van der Waals surface area contributed by atoms with Crippen LogP contribution in [0.5, 0.6) is 11.5 Å². The summed E-state index contributed by atoms with van der Waals surface area (Å²) in [5, 5.41) is 5.88. The predicted octanol–water partition coefficient (Wildman–Crippen LogP) is 3.46. The molecule has 2 aliphatic heterocycles. The Morgan fingerprint density at radius 1 is 1.24 bits per heavy atom. The van der Waals surface area contributed by atoms with Gasteiger partial charge in [0.25, 0.3) is 0 Å². The number of nitrogens with one attached hydrogen (secondary N) is 2. The quantitative estimate of drug-likeness (QED) is 0.778. The molecule has 0 unspecified atom stereocenters. The highest BCUT2D eigenvalue weighted by Crippen LogP contribution is 2.38. The van der Waals surface area contributed by atoms with Crippen molar-refractivity contribution in [2.75, 3.05) is 44.7 Å². The highest BCUT2D eigenvalue weighted by molar-refractivity contribution is 9.10. The average molecular weight is 412 g/mol. The lowest BCUT2D eigenvalue weighted by molar-refractivity contribution is 0.171. The molecule has 0 aliphatic carbocycles. The number of benzene rings is 1. The highest BCUT2D eigenvalue weighted by Gasteiger charge is 2.20. The van der Waals surface area contributed by atoms with Crippen LogP contribution in [0.4, 0.5) is 10.5 Å². The molecule has 6 nitrogen and oxygen atoms in total. The number of rotatable bonds is 5. The number of nitrogens with zero attached hydrogens (tertiary/aromatic N) is 1. The zero-order chi connectivity index (χ0) is 17.6. The lowest BCUT2D eigenvalue weighted by Crippen LogP contribution is -2.40. The molecule has 138 valence electrons. The van der Waals surface area contributed by atoms with Gasteiger partial charge in [-0.25, -0.2) is 4.79 Å². The van der Waals surface area contributed by atoms with Crippen molar-refractivity contribution in [1.29, 1.82) is 0 Å². The molecule has 7 heteroatoms. The zero-order valence-electron chi connectivity index (χ0n) is 14.6. The van der Waals surface area contributed by atoms with Crippen molar-refractivity contribution < 1.29 is 14.3 Å². The Bertz CT molecular complexity index is 603. The van der Waals surface area contributed by atoms with Crippen LogP contribution < -0.4 is 20.1 Å². The van der Waals surface area contributed by atoms with Gasteiger partial charge in [-0.3, -0.25) is 0 Å². The summed E-state index contributed by atoms with van der Waals surface area (Å²) in [6.07, 6.45) is 3.50. The number of likely N-dealkylation sites (tertiary alicyclic amines) is 1. The molecule has 2 N–H and O–H groups in total. The Morgan fingerprint density at radius 2 is 1.92 bits per heavy atom. The maximum absolute atomic E-state index is 12.2. The Balaban J connectivity index is 1.47. The number of halogens is 1. The minimum Gasteiger partial charge on any atom is -0.486 e. The molecule has 25 heavy (non-hydrogen) atoms. The molecule has 0 aromatic heterocycles. The highest BCUT2D eigenvalue weighted by atomic mass is 79.9. The number of piperidine rings is 1. The molecule has 0 saturated carbocycles. The molecule has 2 aliphatic rings. The van der Waals surface area contributed by atoms with E-state index in [-0.39, 0.29) is 6.03 Å². The van der Waals surface area contributed by atoms with Gasteiger partial charge in [0.2, 0.25) is 0 Å². The van der Waals surface area contributed by atoms with E-state index in [9.17, 15) is 4.79 Å². The lowest BCUT2D eigenvalue weighted by atomic mass is 9.97. The Hall–Kier alpha value is -1.47. The molecule has 3 rings (SSSR count). The van der Waals surface area contributed by atoms with E-state index in [0.29, 0.717) is 42.9 Å². The molecule has 2 heterocycles. The minimum absolute atomic E-state index is 0.187. The Morgan fingerprint density at radius 3 is 2.60 bits per heavy atom. The lowest BCUT2D eigenvalue weighted by Gasteiger charge is -2.31. The third-order valence-corrected chi connectivity index (χ3v) is 5.33. The predicted molar refractivity (Wildman–Crippen MR) is 102 cm³/mol. The van der Waals surface area contributed by atoms with Gasteiger partial charge in [-0.05, 0) is 60.7 Å². The number of anilines is 1. The molecule has 1 aromatic carbocycles. The summed E-state index contributed by atoms with van der Waals surface area (Å²) in [4.78, 5) is 14.7. The van der Waals surface area contributed by atoms with Crippen molar-refractivity contribution in [3.63, 3.8) is 0 Å². The van der Waals surface area contributed by atoms with Crippen molar-refractivity contribution in [3.05, 3.63) is 16.6 Å². The molecule has 0 spiro atoms. The number of hydrogen-bond acceptors (Lipinski definition) is 4. The number of urea groups is 1. The average Bonchev–Trinajstić information content (AvgIpc) is 2.62. The van der Waals surface area contributed by atoms with Crippen LogP contribution >= 0.6 is 15.9 Å². The van der Waals surface area contributed by atoms with Gasteiger partial charge in [0.15, 0.2) is 11.5 Å². The summed E-state index contributed by atoms with van der Waals surface area (Å²) in [5.74, 6) is 1.92. The van der Waals surface area contributed by atoms with E-state index in [1.165, 1.54) is 13.0 Å². The van der Waals surface area contributed by atoms with Crippen LogP contribution in [0, 0.1) is 5.92 Å². The van der Waals surface area contributed by atoms with E-state index < -0.39 is 0 Å². The van der Waals surface area contributed by atoms with Gasteiger partial charge in [-0.15, -0.1) is 0 Å². The molecular formula is C18H26BrN3O3. The SMILES string of the molecule is CCCN1CCC(CNC(=O)Nc2cc3c(cc2Br)OCCO3)CC1. The number of carbonyl (C=O) groups is 1. The number of fused-ring (bicyclic) bond motifs is 1. The first-order valence-electron chi connectivity index (χ1n) is 9.02. The first-order valence-corrected chi connectivity index (χ1v) is 9.81. The van der Waals surface area contributed by atoms with E-state index in [1.54, 1.807) is 6.07 Å². The topological polar surface area (TPSA) is 62.8 Å². The second-order valence-corrected chi connectivity index (χ2v) is 7.45. The van der Waals surface area contributed by atoms with Gasteiger partial charge < -0.3 is 25.0 Å². The smallest absolute Gasteiger partial charge is 0.319 e. The van der Waals surface area contributed by atoms with Crippen LogP contribution in [0.1, 0.15) is 26.2 Å². The van der Waals surface area contributed by atoms with E-state index >= 15 is 0 Å². The fraction of sp³-hybridized carbons (Fsp3) is 0.611. The molecule has 0 bridgehead atoms. The third kappa shape index (κ3) is 5.01. The summed E-state index contributed by atoms with van der Waals surface area (Å²) in [6, 6.07) is 3.43. The Kier molecular flexibility index (Phi) is 6.42. The second kappa shape index (κ2) is 8.76. The third-order valence-electron chi connectivity index (χ3n) is 4.68. The largest absolute Gasteiger partial charge is 0.486 e. The van der Waals surface area contributed by atoms with E-state index in [4.69, 9.17) is 9.47 Å². The van der Waals surface area contributed by atoms with Crippen molar-refractivity contribution in [2.45, 2.75) is 26.2 Å². The van der Waals surface area contributed by atoms with Crippen LogP contribution in [-0.4, -0.2) is 50.3 Å². The number of amides is 2. The van der Waals surface area contributed by atoms with Gasteiger partial charge in [0.1, 0.15) is 13.2 Å². The van der Waals surface area contributed by atoms with Crippen molar-refractivity contribution >= 4 is 27.6 Å². The number of hydrogen-bond donors (Lipinski definition) is 2. The fourth-order valence-corrected chi connectivity index (χ4v) is 3.72. The maximum atomic E-state index is 12.2. The monoisotopic (exact) mass is 411 g/mol. The van der Waals surface area contributed by atoms with Gasteiger partial charge in [-0.1, -0.05) is 6.92 Å². The summed E-state index contributed by atoms with van der Waals surface area (Å²) in [5.41, 5.74) is 0.680. The van der Waals surface area contributed by atoms with Crippen molar-refractivity contribution in [2.24, 2.45) is 5.92 Å². The summed E-state index contributed by atoms with van der Waals surface area (Å²) < 4.78 is 11.9. The van der Waals surface area contributed by atoms with Crippen LogP contribution in [0.25, 0.3) is 0 Å². The standard InChI is InChI=1S/C18H26BrN3O3/c1-2-5-22-6-3-13(4-7-22)12-20-18(23)21-15-11-17-16(10-14(15)19)24-8-9-25-17/h10-11,13H,2-9,12H2,1H3,(H2,20,21,23). The molecule has 1 saturated heterocycles. The van der Waals surface area contributed by atoms with Gasteiger partial charge in [0, 0.05) is 23.2 Å². The Labute approximate surface area is 157 Å². The van der Waals surface area contributed by atoms with Gasteiger partial charge >= 0.3 is 6.03 Å². The first-order chi connectivity index (χ1) is 12.2. The maximum Gasteiger partial charge on any atom is 0.319 e. The number of ether oxygens (including phenoxy) is 2. The minimum atomic E-state index is -0.187. The zero-order valence-corrected chi connectivity index (χ0v) is 16.2. The summed E-state index contributed by atoms with van der Waals surface area (Å²) in [7, 11) is 0. The second-order valence-electron chi connectivity index (χ2n) is 6.60. The number of carbonyl (C=O) groups excluding carboxylic acids is 1. The molecule has 2 amide bonds. The van der Waals surface area contributed by atoms with Crippen LogP contribution in [0.15, 0.2) is 16.6 Å². The van der Waals surface area contributed by atoms with Gasteiger partial charge in [-0.2, -0.15) is 0 Å². The van der Waals surface area contributed by atoms with E-state index in [1.807, 2.05) is 6.07 Å². The van der Waals surface area contributed by atoms with Crippen LogP contribution in [0.3, 0.4) is 0 Å². The molecule has 1 fully saturated rings. The van der Waals surface area contributed by atoms with Crippen molar-refractivity contribution in [1.82, 2.24) is 10.2 Å². The van der Waals surface area contributed by atoms with Gasteiger partial charge in [0.05, 0.1) is 5.69 Å². The van der Waals surface area contributed by atoms with E-state index in [2.05, 4.69) is 38.4 Å². The van der Waals surface area contributed by atoms with E-state index in [0.717, 1.165) is 30.4 Å². The molecule has 1 aromatic rings. The van der Waals surface area contributed by atoms with Crippen LogP contribution in [0.2, 0.25) is 0 Å². The molecule has 0 atom stereocenters. The summed E-state index contributed by atoms with van der Waals surface area (Å²) >= 11 is 3.47. The first kappa shape index (κ1) is 18.3. The molecular weight excluding hydrogens is 386 g/mol. The summed E-state index contributed by atoms with van der Waals surface area (Å²) in [6.45, 7) is 7.45. The normalized spacial score (nSPS) is 18.0. The van der Waals surface area contributed by atoms with Crippen molar-refractivity contribution in [3.8, 4) is 11.5 Å². The molecule has 0 radical (unpaired) electrons.